The van der Waals surface area contributed by atoms with Crippen LogP contribution in [0.5, 0.6) is 0 Å². The monoisotopic (exact) mass is 444 g/mol. The molecule has 0 saturated carbocycles. The minimum absolute atomic E-state index is 0.0793. The first-order valence-electron chi connectivity index (χ1n) is 10.3. The molecule has 3 atom stereocenters. The van der Waals surface area contributed by atoms with Crippen molar-refractivity contribution in [3.63, 3.8) is 0 Å². The second-order valence-corrected chi connectivity index (χ2v) is 8.59. The van der Waals surface area contributed by atoms with Gasteiger partial charge < -0.3 is 20.6 Å². The maximum absolute atomic E-state index is 12.8. The van der Waals surface area contributed by atoms with Crippen molar-refractivity contribution in [1.29, 1.82) is 0 Å². The van der Waals surface area contributed by atoms with E-state index in [9.17, 15) is 19.5 Å². The molecule has 0 bridgehead atoms. The molecule has 1 fully saturated rings. The number of aromatic nitrogens is 1. The van der Waals surface area contributed by atoms with Crippen molar-refractivity contribution in [3.05, 3.63) is 41.0 Å². The second kappa shape index (κ2) is 10.0. The topological polar surface area (TPSA) is 112 Å². The maximum Gasteiger partial charge on any atom is 0.245 e. The lowest BCUT2D eigenvalue weighted by molar-refractivity contribution is -0.141. The van der Waals surface area contributed by atoms with Gasteiger partial charge in [0.25, 0.3) is 0 Å². The van der Waals surface area contributed by atoms with Gasteiger partial charge in [-0.15, -0.1) is 11.3 Å². The number of amides is 3. The van der Waals surface area contributed by atoms with Crippen molar-refractivity contribution >= 4 is 29.1 Å². The minimum atomic E-state index is -0.767. The van der Waals surface area contributed by atoms with E-state index in [2.05, 4.69) is 15.6 Å². The zero-order valence-electron chi connectivity index (χ0n) is 17.9. The maximum atomic E-state index is 12.8. The molecular weight excluding hydrogens is 416 g/mol. The lowest BCUT2D eigenvalue weighted by atomic mass is 10.1. The van der Waals surface area contributed by atoms with Crippen LogP contribution in [-0.4, -0.2) is 57.4 Å². The Morgan fingerprint density at radius 1 is 1.29 bits per heavy atom. The summed E-state index contributed by atoms with van der Waals surface area (Å²) in [5.74, 6) is -0.971. The molecule has 1 aromatic carbocycles. The molecule has 31 heavy (non-hydrogen) atoms. The van der Waals surface area contributed by atoms with E-state index in [-0.39, 0.29) is 30.7 Å². The molecule has 166 valence electrons. The predicted molar refractivity (Wildman–Crippen MR) is 118 cm³/mol. The Labute approximate surface area is 185 Å². The number of likely N-dealkylation sites (tertiary alicyclic amines) is 1. The van der Waals surface area contributed by atoms with Gasteiger partial charge in [-0.2, -0.15) is 0 Å². The van der Waals surface area contributed by atoms with Crippen molar-refractivity contribution in [2.24, 2.45) is 0 Å². The number of aliphatic hydroxyl groups excluding tert-OH is 1. The average molecular weight is 445 g/mol. The van der Waals surface area contributed by atoms with Gasteiger partial charge in [0, 0.05) is 26.4 Å². The highest BCUT2D eigenvalue weighted by Gasteiger charge is 2.40. The van der Waals surface area contributed by atoms with E-state index in [1.807, 2.05) is 36.7 Å². The van der Waals surface area contributed by atoms with Gasteiger partial charge in [0.1, 0.15) is 12.1 Å². The zero-order chi connectivity index (χ0) is 22.5. The first kappa shape index (κ1) is 22.9. The smallest absolute Gasteiger partial charge is 0.245 e. The van der Waals surface area contributed by atoms with Gasteiger partial charge in [-0.05, 0) is 24.5 Å². The molecule has 1 saturated heterocycles. The predicted octanol–water partition coefficient (Wildman–Crippen LogP) is 1.61. The van der Waals surface area contributed by atoms with Crippen molar-refractivity contribution in [1.82, 2.24) is 20.5 Å². The first-order valence-corrected chi connectivity index (χ1v) is 11.2. The van der Waals surface area contributed by atoms with Crippen molar-refractivity contribution < 1.29 is 19.5 Å². The normalized spacial score (nSPS) is 19.2. The molecule has 9 heteroatoms. The Hall–Kier alpha value is -2.78. The second-order valence-electron chi connectivity index (χ2n) is 7.74. The van der Waals surface area contributed by atoms with Crippen molar-refractivity contribution in [2.45, 2.75) is 58.3 Å². The molecule has 1 aromatic heterocycles. The summed E-state index contributed by atoms with van der Waals surface area (Å²) in [6.07, 6.45) is -0.181. The molecule has 0 radical (unpaired) electrons. The van der Waals surface area contributed by atoms with Crippen molar-refractivity contribution in [2.75, 3.05) is 6.54 Å². The van der Waals surface area contributed by atoms with Gasteiger partial charge in [0.2, 0.25) is 17.7 Å². The Balaban J connectivity index is 1.62. The van der Waals surface area contributed by atoms with Gasteiger partial charge in [0.05, 0.1) is 22.2 Å². The van der Waals surface area contributed by atoms with E-state index in [0.717, 1.165) is 21.7 Å². The third-order valence-electron chi connectivity index (χ3n) is 5.38. The molecule has 3 N–H and O–H groups in total. The number of hydrogen-bond acceptors (Lipinski definition) is 6. The molecule has 1 aliphatic heterocycles. The van der Waals surface area contributed by atoms with Gasteiger partial charge in [-0.3, -0.25) is 14.4 Å². The molecule has 3 amide bonds. The Kier molecular flexibility index (Phi) is 7.40. The highest BCUT2D eigenvalue weighted by molar-refractivity contribution is 7.13. The van der Waals surface area contributed by atoms with E-state index >= 15 is 0 Å². The highest BCUT2D eigenvalue weighted by atomic mass is 32.1. The highest BCUT2D eigenvalue weighted by Crippen LogP contribution is 2.27. The van der Waals surface area contributed by atoms with Gasteiger partial charge >= 0.3 is 0 Å². The van der Waals surface area contributed by atoms with Crippen LogP contribution in [0.4, 0.5) is 0 Å². The molecule has 1 aliphatic rings. The summed E-state index contributed by atoms with van der Waals surface area (Å²) in [7, 11) is 0. The summed E-state index contributed by atoms with van der Waals surface area (Å²) >= 11 is 1.59. The largest absolute Gasteiger partial charge is 0.391 e. The summed E-state index contributed by atoms with van der Waals surface area (Å²) in [5.41, 5.74) is 4.81. The van der Waals surface area contributed by atoms with E-state index in [1.54, 1.807) is 18.3 Å². The summed E-state index contributed by atoms with van der Waals surface area (Å²) < 4.78 is 0. The van der Waals surface area contributed by atoms with Crippen LogP contribution in [0.25, 0.3) is 10.4 Å². The number of thiazole rings is 1. The molecule has 0 aliphatic carbocycles. The van der Waals surface area contributed by atoms with Crippen LogP contribution in [0, 0.1) is 6.92 Å². The SMILES string of the molecule is CCC(NC(C)=O)C(=O)N1CC(O)CC1C(=O)NCc1ccc(-c2scnc2C)cc1. The van der Waals surface area contributed by atoms with Crippen LogP contribution in [0.15, 0.2) is 29.8 Å². The number of hydrogen-bond donors (Lipinski definition) is 3. The number of carbonyl (C=O) groups excluding carboxylic acids is 3. The fourth-order valence-electron chi connectivity index (χ4n) is 3.75. The summed E-state index contributed by atoms with van der Waals surface area (Å²) in [6, 6.07) is 6.42. The van der Waals surface area contributed by atoms with Crippen LogP contribution in [0.2, 0.25) is 0 Å². The molecule has 3 rings (SSSR count). The lowest BCUT2D eigenvalue weighted by Crippen LogP contribution is -2.53. The fourth-order valence-corrected chi connectivity index (χ4v) is 4.56. The van der Waals surface area contributed by atoms with E-state index < -0.39 is 18.2 Å². The van der Waals surface area contributed by atoms with Crippen molar-refractivity contribution in [3.8, 4) is 10.4 Å². The molecular formula is C22H28N4O4S. The Morgan fingerprint density at radius 3 is 2.58 bits per heavy atom. The Morgan fingerprint density at radius 2 is 2.00 bits per heavy atom. The van der Waals surface area contributed by atoms with E-state index in [1.165, 1.54) is 11.8 Å². The van der Waals surface area contributed by atoms with E-state index in [4.69, 9.17) is 0 Å². The third kappa shape index (κ3) is 5.48. The fraction of sp³-hybridized carbons (Fsp3) is 0.455. The van der Waals surface area contributed by atoms with Gasteiger partial charge in [0.15, 0.2) is 0 Å². The molecule has 2 aromatic rings. The summed E-state index contributed by atoms with van der Waals surface area (Å²) in [5, 5.41) is 15.5. The number of carbonyl (C=O) groups is 3. The van der Waals surface area contributed by atoms with Crippen LogP contribution in [-0.2, 0) is 20.9 Å². The molecule has 2 heterocycles. The quantitative estimate of drug-likeness (QED) is 0.601. The average Bonchev–Trinajstić information content (AvgIpc) is 3.35. The number of aryl methyl sites for hydroxylation is 1. The molecule has 0 spiro atoms. The van der Waals surface area contributed by atoms with E-state index in [0.29, 0.717) is 13.0 Å². The minimum Gasteiger partial charge on any atom is -0.391 e. The summed E-state index contributed by atoms with van der Waals surface area (Å²) in [6.45, 7) is 5.50. The van der Waals surface area contributed by atoms with Crippen LogP contribution in [0.3, 0.4) is 0 Å². The van der Waals surface area contributed by atoms with Gasteiger partial charge in [-0.25, -0.2) is 4.98 Å². The lowest BCUT2D eigenvalue weighted by Gasteiger charge is -2.27. The van der Waals surface area contributed by atoms with Crippen LogP contribution in [0.1, 0.15) is 37.9 Å². The zero-order valence-corrected chi connectivity index (χ0v) is 18.7. The number of rotatable bonds is 7. The standard InChI is InChI=1S/C22H28N4O4S/c1-4-18(25-14(3)27)22(30)26-11-17(28)9-19(26)21(29)23-10-15-5-7-16(8-6-15)20-13(2)24-12-31-20/h5-8,12,17-19,28H,4,9-11H2,1-3H3,(H,23,29)(H,25,27). The van der Waals surface area contributed by atoms with Gasteiger partial charge in [-0.1, -0.05) is 31.2 Å². The Bertz CT molecular complexity index is 943. The number of aliphatic hydroxyl groups is 1. The first-order chi connectivity index (χ1) is 14.8. The number of benzene rings is 1. The van der Waals surface area contributed by atoms with Crippen LogP contribution < -0.4 is 10.6 Å². The molecule has 3 unspecified atom stereocenters. The number of nitrogens with one attached hydrogen (secondary N) is 2. The number of β-amino-alcohol motifs (C(OH)–C–C–N with tert-alkyl or cyclic N) is 1. The molecule has 8 nitrogen and oxygen atoms in total. The third-order valence-corrected chi connectivity index (χ3v) is 6.35. The number of nitrogens with zero attached hydrogens (tertiary/aromatic N) is 2. The van der Waals surface area contributed by atoms with Crippen LogP contribution >= 0.6 is 11.3 Å². The summed E-state index contributed by atoms with van der Waals surface area (Å²) in [4.78, 5) is 43.8.